The van der Waals surface area contributed by atoms with Gasteiger partial charge in [0.25, 0.3) is 6.29 Å². The fourth-order valence-electron chi connectivity index (χ4n) is 5.94. The van der Waals surface area contributed by atoms with Gasteiger partial charge in [-0.15, -0.1) is 0 Å². The second kappa shape index (κ2) is 11.6. The molecule has 5 heterocycles. The Morgan fingerprint density at radius 1 is 1.02 bits per heavy atom. The lowest BCUT2D eigenvalue weighted by Gasteiger charge is -2.33. The van der Waals surface area contributed by atoms with Crippen molar-refractivity contribution in [1.82, 2.24) is 25.1 Å². The largest absolute Gasteiger partial charge is 0.451 e. The Morgan fingerprint density at radius 2 is 1.84 bits per heavy atom. The molecule has 1 N–H and O–H groups in total. The van der Waals surface area contributed by atoms with Crippen molar-refractivity contribution >= 4 is 11.6 Å². The summed E-state index contributed by atoms with van der Waals surface area (Å²) in [5.74, 6) is -0.212. The number of alkyl halides is 3. The number of H-pyrrole nitrogens is 1. The lowest BCUT2D eigenvalue weighted by Crippen LogP contribution is -2.34. The molecule has 2 aromatic carbocycles. The fourth-order valence-corrected chi connectivity index (χ4v) is 6.10. The molecule has 3 aliphatic rings. The van der Waals surface area contributed by atoms with Gasteiger partial charge in [0.2, 0.25) is 5.82 Å². The number of hydrogen-bond acceptors (Lipinski definition) is 7. The smallest absolute Gasteiger partial charge is 0.447 e. The number of benzene rings is 2. The average molecular weight is 630 g/mol. The van der Waals surface area contributed by atoms with E-state index in [0.29, 0.717) is 41.7 Å². The monoisotopic (exact) mass is 629 g/mol. The van der Waals surface area contributed by atoms with Crippen LogP contribution in [-0.4, -0.2) is 50.9 Å². The van der Waals surface area contributed by atoms with Gasteiger partial charge in [-0.1, -0.05) is 23.7 Å². The third kappa shape index (κ3) is 5.85. The summed E-state index contributed by atoms with van der Waals surface area (Å²) >= 11 is 5.91. The van der Waals surface area contributed by atoms with Gasteiger partial charge in [-0.2, -0.15) is 18.3 Å². The molecule has 2 aromatic heterocycles. The maximum absolute atomic E-state index is 14.6. The third-order valence-electron chi connectivity index (χ3n) is 8.40. The number of nitrogens with one attached hydrogen (secondary N) is 1. The van der Waals surface area contributed by atoms with E-state index in [1.165, 1.54) is 12.3 Å². The molecular formula is C31H28ClF4N5O3. The van der Waals surface area contributed by atoms with E-state index < -0.39 is 24.1 Å². The molecule has 0 bridgehead atoms. The summed E-state index contributed by atoms with van der Waals surface area (Å²) in [6.07, 6.45) is -0.621. The number of aromatic amines is 1. The van der Waals surface area contributed by atoms with E-state index in [9.17, 15) is 17.6 Å². The first-order valence-corrected chi connectivity index (χ1v) is 14.8. The van der Waals surface area contributed by atoms with E-state index >= 15 is 0 Å². The molecule has 0 amide bonds. The molecule has 0 spiro atoms. The topological polar surface area (TPSA) is 85.4 Å². The van der Waals surface area contributed by atoms with E-state index in [1.54, 1.807) is 12.1 Å². The standard InChI is InChI=1S/C31H28ClF4N5O3/c32-20-4-5-23(24(33)14-20)29-43-26-3-1-2-22(27(26)44-29)17-6-9-41(10-7-17)16-25-18(13-21-8-11-42-21)12-19(15-37-25)28-38-30(40-39-28)31(34,35)36/h1-5,12,14-15,17,21,29H,6-11,13,16H2,(H,38,39,40)/t21?,29-/m0/s1. The van der Waals surface area contributed by atoms with Gasteiger partial charge in [0.05, 0.1) is 17.4 Å². The molecule has 3 aliphatic heterocycles. The van der Waals surface area contributed by atoms with E-state index in [4.69, 9.17) is 25.8 Å². The predicted molar refractivity (Wildman–Crippen MR) is 152 cm³/mol. The van der Waals surface area contributed by atoms with Crippen molar-refractivity contribution in [3.05, 3.63) is 87.7 Å². The summed E-state index contributed by atoms with van der Waals surface area (Å²) < 4.78 is 71.5. The summed E-state index contributed by atoms with van der Waals surface area (Å²) in [5.41, 5.74) is 3.52. The molecule has 0 saturated carbocycles. The number of fused-ring (bicyclic) bond motifs is 1. The highest BCUT2D eigenvalue weighted by atomic mass is 35.5. The van der Waals surface area contributed by atoms with Crippen molar-refractivity contribution in [1.29, 1.82) is 0 Å². The quantitative estimate of drug-likeness (QED) is 0.224. The second-order valence-electron chi connectivity index (χ2n) is 11.3. The van der Waals surface area contributed by atoms with Crippen LogP contribution in [0.2, 0.25) is 5.02 Å². The minimum atomic E-state index is -4.61. The molecule has 13 heteroatoms. The zero-order valence-electron chi connectivity index (χ0n) is 23.4. The molecule has 7 rings (SSSR count). The number of nitrogens with zero attached hydrogens (tertiary/aromatic N) is 4. The van der Waals surface area contributed by atoms with Crippen LogP contribution in [0.3, 0.4) is 0 Å². The van der Waals surface area contributed by atoms with E-state index in [0.717, 1.165) is 49.2 Å². The van der Waals surface area contributed by atoms with Gasteiger partial charge in [-0.3, -0.25) is 15.0 Å². The Hall–Kier alpha value is -3.74. The van der Waals surface area contributed by atoms with Crippen molar-refractivity contribution in [2.75, 3.05) is 19.7 Å². The average Bonchev–Trinajstić information content (AvgIpc) is 3.64. The SMILES string of the molecule is Fc1cc(Cl)ccc1[C@H]1Oc2cccc(C3CCN(Cc4ncc(-c5n[nH]c(C(F)(F)F)n5)cc4CC4CCO4)CC3)c2O1. The molecule has 2 saturated heterocycles. The number of likely N-dealkylation sites (tertiary alicyclic amines) is 1. The Labute approximate surface area is 255 Å². The van der Waals surface area contributed by atoms with Crippen LogP contribution in [-0.2, 0) is 23.9 Å². The van der Waals surface area contributed by atoms with E-state index in [1.807, 2.05) is 29.4 Å². The Balaban J connectivity index is 1.04. The van der Waals surface area contributed by atoms with Crippen molar-refractivity contribution in [3.8, 4) is 22.9 Å². The van der Waals surface area contributed by atoms with Crippen LogP contribution < -0.4 is 9.47 Å². The first kappa shape index (κ1) is 29.0. The van der Waals surface area contributed by atoms with Gasteiger partial charge in [0.1, 0.15) is 5.82 Å². The first-order chi connectivity index (χ1) is 21.2. The van der Waals surface area contributed by atoms with Crippen LogP contribution in [0.1, 0.15) is 59.7 Å². The Morgan fingerprint density at radius 3 is 2.55 bits per heavy atom. The number of para-hydroxylation sites is 1. The number of hydrogen-bond donors (Lipinski definition) is 1. The minimum Gasteiger partial charge on any atom is -0.447 e. The van der Waals surface area contributed by atoms with Gasteiger partial charge in [-0.25, -0.2) is 9.37 Å². The van der Waals surface area contributed by atoms with Crippen LogP contribution in [0.15, 0.2) is 48.7 Å². The van der Waals surface area contributed by atoms with Gasteiger partial charge < -0.3 is 14.2 Å². The van der Waals surface area contributed by atoms with Gasteiger partial charge >= 0.3 is 6.18 Å². The molecule has 2 atom stereocenters. The van der Waals surface area contributed by atoms with Gasteiger partial charge in [0, 0.05) is 41.9 Å². The highest BCUT2D eigenvalue weighted by Crippen LogP contribution is 2.47. The van der Waals surface area contributed by atoms with E-state index in [-0.39, 0.29) is 23.4 Å². The summed E-state index contributed by atoms with van der Waals surface area (Å²) in [4.78, 5) is 10.6. The zero-order valence-corrected chi connectivity index (χ0v) is 24.2. The van der Waals surface area contributed by atoms with Crippen molar-refractivity contribution in [2.24, 2.45) is 0 Å². The van der Waals surface area contributed by atoms with Crippen LogP contribution >= 0.6 is 11.6 Å². The maximum atomic E-state index is 14.6. The number of rotatable bonds is 7. The number of halogens is 5. The molecule has 0 aliphatic carbocycles. The van der Waals surface area contributed by atoms with Gasteiger partial charge in [-0.05, 0) is 74.2 Å². The summed E-state index contributed by atoms with van der Waals surface area (Å²) in [7, 11) is 0. The maximum Gasteiger partial charge on any atom is 0.451 e. The van der Waals surface area contributed by atoms with Gasteiger partial charge in [0.15, 0.2) is 17.3 Å². The fraction of sp³-hybridized carbons (Fsp3) is 0.387. The highest BCUT2D eigenvalue weighted by Gasteiger charge is 2.36. The molecule has 1 unspecified atom stereocenters. The normalized spacial score (nSPS) is 20.6. The number of ether oxygens (including phenoxy) is 3. The first-order valence-electron chi connectivity index (χ1n) is 14.4. The highest BCUT2D eigenvalue weighted by molar-refractivity contribution is 6.30. The number of aromatic nitrogens is 4. The number of piperidine rings is 1. The predicted octanol–water partition coefficient (Wildman–Crippen LogP) is 6.86. The molecule has 0 radical (unpaired) electrons. The van der Waals surface area contributed by atoms with Crippen LogP contribution in [0.4, 0.5) is 17.6 Å². The minimum absolute atomic E-state index is 0.0457. The van der Waals surface area contributed by atoms with E-state index in [2.05, 4.69) is 20.0 Å². The summed E-state index contributed by atoms with van der Waals surface area (Å²) in [6, 6.07) is 12.0. The van der Waals surface area contributed by atoms with Crippen molar-refractivity contribution < 1.29 is 31.8 Å². The molecule has 230 valence electrons. The lowest BCUT2D eigenvalue weighted by molar-refractivity contribution is -0.144. The van der Waals surface area contributed by atoms with Crippen molar-refractivity contribution in [3.63, 3.8) is 0 Å². The molecular weight excluding hydrogens is 602 g/mol. The third-order valence-corrected chi connectivity index (χ3v) is 8.63. The molecule has 2 fully saturated rings. The molecule has 4 aromatic rings. The Kier molecular flexibility index (Phi) is 7.67. The van der Waals surface area contributed by atoms with Crippen LogP contribution in [0.5, 0.6) is 11.5 Å². The van der Waals surface area contributed by atoms with Crippen molar-refractivity contribution in [2.45, 2.75) is 56.7 Å². The Bertz CT molecular complexity index is 1670. The molecule has 44 heavy (non-hydrogen) atoms. The van der Waals surface area contributed by atoms with Crippen LogP contribution in [0, 0.1) is 5.82 Å². The van der Waals surface area contributed by atoms with Crippen LogP contribution in [0.25, 0.3) is 11.4 Å². The lowest BCUT2D eigenvalue weighted by atomic mass is 9.88. The second-order valence-corrected chi connectivity index (χ2v) is 11.7. The zero-order chi connectivity index (χ0) is 30.4. The summed E-state index contributed by atoms with van der Waals surface area (Å²) in [5, 5.41) is 6.04. The molecule has 8 nitrogen and oxygen atoms in total. The number of pyridine rings is 1. The summed E-state index contributed by atoms with van der Waals surface area (Å²) in [6.45, 7) is 2.91.